The molecule has 0 aliphatic rings. The number of carbonyl (C=O) groups is 1. The third-order valence-corrected chi connectivity index (χ3v) is 2.38. The highest BCUT2D eigenvalue weighted by molar-refractivity contribution is 9.10. The zero-order chi connectivity index (χ0) is 12.3. The van der Waals surface area contributed by atoms with Gasteiger partial charge >= 0.3 is 5.97 Å². The van der Waals surface area contributed by atoms with Crippen molar-refractivity contribution in [3.63, 3.8) is 0 Å². The highest BCUT2D eigenvalue weighted by Crippen LogP contribution is 2.27. The van der Waals surface area contributed by atoms with Crippen LogP contribution in [0.2, 0.25) is 0 Å². The van der Waals surface area contributed by atoms with Crippen molar-refractivity contribution >= 4 is 21.9 Å². The van der Waals surface area contributed by atoms with Gasteiger partial charge in [-0.25, -0.2) is 18.6 Å². The summed E-state index contributed by atoms with van der Waals surface area (Å²) in [5.74, 6) is -0.876. The molecule has 0 radical (unpaired) electrons. The van der Waals surface area contributed by atoms with Crippen LogP contribution in [0.25, 0.3) is 0 Å². The average molecular weight is 291 g/mol. The molecule has 1 heterocycles. The molecule has 0 saturated heterocycles. The number of ether oxygens (including phenoxy) is 1. The quantitative estimate of drug-likeness (QED) is 0.620. The summed E-state index contributed by atoms with van der Waals surface area (Å²) in [5.41, 5.74) is -0.994. The van der Waals surface area contributed by atoms with Gasteiger partial charge in [-0.1, -0.05) is 0 Å². The minimum absolute atomic E-state index is 0.160. The molecule has 4 nitrogen and oxygen atoms in total. The number of nitrogens with zero attached hydrogens (tertiary/aromatic N) is 2. The molecule has 16 heavy (non-hydrogen) atoms. The molecule has 0 saturated carbocycles. The van der Waals surface area contributed by atoms with Gasteiger partial charge in [0.1, 0.15) is 10.7 Å². The number of aromatic nitrogens is 1. The summed E-state index contributed by atoms with van der Waals surface area (Å²) in [6, 6.07) is 2.53. The van der Waals surface area contributed by atoms with Crippen molar-refractivity contribution < 1.29 is 18.3 Å². The second kappa shape index (κ2) is 4.99. The molecule has 1 aromatic rings. The van der Waals surface area contributed by atoms with Gasteiger partial charge in [-0.3, -0.25) is 0 Å². The van der Waals surface area contributed by atoms with Crippen molar-refractivity contribution in [3.05, 3.63) is 27.5 Å². The SMILES string of the molecule is COC(=O)c1cc(C(F)F)c(Br)nc1C#N. The standard InChI is InChI=1S/C9H5BrF2N2O2/c1-16-9(15)4-2-5(8(11)12)7(10)14-6(4)3-13/h2,8H,1H3. The van der Waals surface area contributed by atoms with Gasteiger partial charge in [0, 0.05) is 0 Å². The first-order valence-electron chi connectivity index (χ1n) is 3.98. The van der Waals surface area contributed by atoms with Gasteiger partial charge in [0.25, 0.3) is 6.43 Å². The minimum atomic E-state index is -2.79. The van der Waals surface area contributed by atoms with E-state index < -0.39 is 18.0 Å². The van der Waals surface area contributed by atoms with Crippen molar-refractivity contribution in [2.45, 2.75) is 6.43 Å². The van der Waals surface area contributed by atoms with Crippen LogP contribution in [0, 0.1) is 11.3 Å². The summed E-state index contributed by atoms with van der Waals surface area (Å²) < 4.78 is 29.2. The molecule has 0 unspecified atom stereocenters. The van der Waals surface area contributed by atoms with E-state index in [1.165, 1.54) is 0 Å². The van der Waals surface area contributed by atoms with Crippen LogP contribution in [0.5, 0.6) is 0 Å². The van der Waals surface area contributed by atoms with E-state index >= 15 is 0 Å². The van der Waals surface area contributed by atoms with Crippen molar-refractivity contribution in [2.75, 3.05) is 7.11 Å². The highest BCUT2D eigenvalue weighted by atomic mass is 79.9. The molecule has 0 aliphatic heterocycles. The number of carbonyl (C=O) groups excluding carboxylic acids is 1. The molecule has 1 aromatic heterocycles. The van der Waals surface area contributed by atoms with E-state index in [4.69, 9.17) is 5.26 Å². The number of hydrogen-bond donors (Lipinski definition) is 0. The molecule has 0 spiro atoms. The van der Waals surface area contributed by atoms with E-state index in [1.807, 2.05) is 0 Å². The second-order valence-electron chi connectivity index (χ2n) is 2.67. The van der Waals surface area contributed by atoms with E-state index in [0.717, 1.165) is 13.2 Å². The third kappa shape index (κ3) is 2.33. The Hall–Kier alpha value is -1.55. The molecule has 7 heteroatoms. The van der Waals surface area contributed by atoms with E-state index in [2.05, 4.69) is 25.7 Å². The van der Waals surface area contributed by atoms with Crippen LogP contribution in [0.3, 0.4) is 0 Å². The van der Waals surface area contributed by atoms with Gasteiger partial charge in [0.2, 0.25) is 0 Å². The lowest BCUT2D eigenvalue weighted by atomic mass is 10.1. The zero-order valence-electron chi connectivity index (χ0n) is 8.00. The monoisotopic (exact) mass is 290 g/mol. The normalized spacial score (nSPS) is 10.0. The molecule has 0 aliphatic carbocycles. The van der Waals surface area contributed by atoms with Gasteiger partial charge < -0.3 is 4.74 Å². The molecule has 0 N–H and O–H groups in total. The van der Waals surface area contributed by atoms with Crippen molar-refractivity contribution in [1.82, 2.24) is 4.98 Å². The molecular weight excluding hydrogens is 286 g/mol. The Balaban J connectivity index is 3.42. The Bertz CT molecular complexity index is 471. The predicted octanol–water partition coefficient (Wildman–Crippen LogP) is 2.44. The number of nitriles is 1. The summed E-state index contributed by atoms with van der Waals surface area (Å²) in [6.07, 6.45) is -2.79. The topological polar surface area (TPSA) is 63.0 Å². The number of pyridine rings is 1. The Morgan fingerprint density at radius 2 is 2.31 bits per heavy atom. The summed E-state index contributed by atoms with van der Waals surface area (Å²) in [7, 11) is 1.09. The highest BCUT2D eigenvalue weighted by Gasteiger charge is 2.21. The molecule has 0 amide bonds. The minimum Gasteiger partial charge on any atom is -0.465 e. The van der Waals surface area contributed by atoms with Crippen LogP contribution < -0.4 is 0 Å². The fraction of sp³-hybridized carbons (Fsp3) is 0.222. The van der Waals surface area contributed by atoms with Crippen LogP contribution in [-0.4, -0.2) is 18.1 Å². The molecule has 0 atom stereocenters. The van der Waals surface area contributed by atoms with Crippen LogP contribution in [0.15, 0.2) is 10.7 Å². The van der Waals surface area contributed by atoms with Crippen LogP contribution >= 0.6 is 15.9 Å². The van der Waals surface area contributed by atoms with Gasteiger partial charge in [-0.2, -0.15) is 5.26 Å². The Morgan fingerprint density at radius 3 is 2.75 bits per heavy atom. The Kier molecular flexibility index (Phi) is 3.90. The predicted molar refractivity (Wildman–Crippen MR) is 52.9 cm³/mol. The molecule has 84 valence electrons. The number of halogens is 3. The summed E-state index contributed by atoms with van der Waals surface area (Å²) >= 11 is 2.80. The molecule has 0 bridgehead atoms. The first-order valence-corrected chi connectivity index (χ1v) is 4.77. The summed E-state index contributed by atoms with van der Waals surface area (Å²) in [5, 5.41) is 8.69. The number of rotatable bonds is 2. The lowest BCUT2D eigenvalue weighted by molar-refractivity contribution is 0.0599. The van der Waals surface area contributed by atoms with E-state index in [9.17, 15) is 13.6 Å². The van der Waals surface area contributed by atoms with Gasteiger partial charge in [0.05, 0.1) is 18.2 Å². The number of esters is 1. The number of alkyl halides is 2. The molecular formula is C9H5BrF2N2O2. The van der Waals surface area contributed by atoms with Crippen LogP contribution in [-0.2, 0) is 4.74 Å². The zero-order valence-corrected chi connectivity index (χ0v) is 9.59. The Morgan fingerprint density at radius 1 is 1.69 bits per heavy atom. The van der Waals surface area contributed by atoms with E-state index in [1.54, 1.807) is 6.07 Å². The molecule has 1 rings (SSSR count). The molecule has 0 aromatic carbocycles. The summed E-state index contributed by atoms with van der Waals surface area (Å²) in [4.78, 5) is 14.8. The fourth-order valence-corrected chi connectivity index (χ4v) is 1.47. The van der Waals surface area contributed by atoms with E-state index in [0.29, 0.717) is 0 Å². The first kappa shape index (κ1) is 12.5. The number of methoxy groups -OCH3 is 1. The van der Waals surface area contributed by atoms with E-state index in [-0.39, 0.29) is 15.9 Å². The van der Waals surface area contributed by atoms with Crippen LogP contribution in [0.4, 0.5) is 8.78 Å². The lowest BCUT2D eigenvalue weighted by Crippen LogP contribution is -2.08. The second-order valence-corrected chi connectivity index (χ2v) is 3.42. The van der Waals surface area contributed by atoms with Gasteiger partial charge in [-0.15, -0.1) is 0 Å². The summed E-state index contributed by atoms with van der Waals surface area (Å²) in [6.45, 7) is 0. The fourth-order valence-electron chi connectivity index (χ4n) is 1.01. The molecule has 0 fully saturated rings. The maximum Gasteiger partial charge on any atom is 0.340 e. The maximum atomic E-state index is 12.5. The maximum absolute atomic E-state index is 12.5. The van der Waals surface area contributed by atoms with Gasteiger partial charge in [0.15, 0.2) is 5.69 Å². The van der Waals surface area contributed by atoms with Crippen molar-refractivity contribution in [2.24, 2.45) is 0 Å². The average Bonchev–Trinajstić information content (AvgIpc) is 2.27. The first-order chi connectivity index (χ1) is 7.51. The smallest absolute Gasteiger partial charge is 0.340 e. The van der Waals surface area contributed by atoms with Gasteiger partial charge in [-0.05, 0) is 22.0 Å². The Labute approximate surface area is 98.0 Å². The van der Waals surface area contributed by atoms with Crippen molar-refractivity contribution in [3.8, 4) is 6.07 Å². The number of hydrogen-bond acceptors (Lipinski definition) is 4. The third-order valence-electron chi connectivity index (χ3n) is 1.75. The largest absolute Gasteiger partial charge is 0.465 e. The lowest BCUT2D eigenvalue weighted by Gasteiger charge is -2.06. The van der Waals surface area contributed by atoms with Crippen molar-refractivity contribution in [1.29, 1.82) is 5.26 Å². The van der Waals surface area contributed by atoms with Crippen LogP contribution in [0.1, 0.15) is 28.0 Å².